The molecule has 0 saturated heterocycles. The largest absolute Gasteiger partial charge is 0.493 e. The Bertz CT molecular complexity index is 631. The van der Waals surface area contributed by atoms with Gasteiger partial charge in [0.2, 0.25) is 0 Å². The molecule has 1 heterocycles. The molecule has 0 saturated carbocycles. The van der Waals surface area contributed by atoms with Crippen LogP contribution in [0.2, 0.25) is 0 Å². The highest BCUT2D eigenvalue weighted by atomic mass is 16.5. The van der Waals surface area contributed by atoms with Crippen LogP contribution in [0.25, 0.3) is 0 Å². The summed E-state index contributed by atoms with van der Waals surface area (Å²) < 4.78 is 6.83. The first-order valence-electron chi connectivity index (χ1n) is 6.40. The van der Waals surface area contributed by atoms with Gasteiger partial charge >= 0.3 is 0 Å². The molecule has 0 aliphatic heterocycles. The SMILES string of the molecule is COc1cnn(C)c1C(=O)C1CCc2ccccc21. The second kappa shape index (κ2) is 4.53. The number of nitrogens with zero attached hydrogens (tertiary/aromatic N) is 2. The van der Waals surface area contributed by atoms with E-state index in [0.29, 0.717) is 11.4 Å². The Balaban J connectivity index is 2.00. The van der Waals surface area contributed by atoms with Crippen molar-refractivity contribution in [2.75, 3.05) is 7.11 Å². The minimum atomic E-state index is -0.0690. The number of ketones is 1. The summed E-state index contributed by atoms with van der Waals surface area (Å²) in [5.41, 5.74) is 2.99. The minimum Gasteiger partial charge on any atom is -0.493 e. The molecule has 1 aliphatic carbocycles. The molecule has 0 bridgehead atoms. The number of carbonyl (C=O) groups excluding carboxylic acids is 1. The van der Waals surface area contributed by atoms with E-state index in [1.807, 2.05) is 18.2 Å². The van der Waals surface area contributed by atoms with Crippen LogP contribution < -0.4 is 4.74 Å². The van der Waals surface area contributed by atoms with E-state index < -0.39 is 0 Å². The quantitative estimate of drug-likeness (QED) is 0.792. The Labute approximate surface area is 112 Å². The second-order valence-corrected chi connectivity index (χ2v) is 4.84. The molecule has 1 aromatic carbocycles. The van der Waals surface area contributed by atoms with Crippen molar-refractivity contribution in [2.24, 2.45) is 7.05 Å². The van der Waals surface area contributed by atoms with Crippen LogP contribution in [0.3, 0.4) is 0 Å². The fourth-order valence-corrected chi connectivity index (χ4v) is 2.84. The van der Waals surface area contributed by atoms with E-state index in [9.17, 15) is 4.79 Å². The summed E-state index contributed by atoms with van der Waals surface area (Å²) in [6.45, 7) is 0. The molecule has 4 nitrogen and oxygen atoms in total. The topological polar surface area (TPSA) is 44.1 Å². The van der Waals surface area contributed by atoms with Crippen LogP contribution in [0.5, 0.6) is 5.75 Å². The summed E-state index contributed by atoms with van der Waals surface area (Å²) in [6.07, 6.45) is 3.42. The summed E-state index contributed by atoms with van der Waals surface area (Å²) in [5, 5.41) is 4.11. The van der Waals surface area contributed by atoms with E-state index in [4.69, 9.17) is 4.74 Å². The smallest absolute Gasteiger partial charge is 0.192 e. The highest BCUT2D eigenvalue weighted by Crippen LogP contribution is 2.36. The number of fused-ring (bicyclic) bond motifs is 1. The number of methoxy groups -OCH3 is 1. The first-order valence-corrected chi connectivity index (χ1v) is 6.40. The molecule has 0 amide bonds. The Morgan fingerprint density at radius 3 is 3.00 bits per heavy atom. The molecule has 3 rings (SSSR count). The Morgan fingerprint density at radius 2 is 2.21 bits per heavy atom. The zero-order valence-electron chi connectivity index (χ0n) is 11.1. The molecule has 1 unspecified atom stereocenters. The maximum absolute atomic E-state index is 12.7. The van der Waals surface area contributed by atoms with Crippen LogP contribution in [0.15, 0.2) is 30.5 Å². The predicted molar refractivity (Wildman–Crippen MR) is 71.6 cm³/mol. The van der Waals surface area contributed by atoms with E-state index in [1.54, 1.807) is 25.0 Å². The fourth-order valence-electron chi connectivity index (χ4n) is 2.84. The lowest BCUT2D eigenvalue weighted by Gasteiger charge is -2.11. The van der Waals surface area contributed by atoms with Crippen molar-refractivity contribution in [3.8, 4) is 5.75 Å². The average Bonchev–Trinajstić information content (AvgIpc) is 3.01. The monoisotopic (exact) mass is 256 g/mol. The summed E-state index contributed by atoms with van der Waals surface area (Å²) >= 11 is 0. The van der Waals surface area contributed by atoms with E-state index in [0.717, 1.165) is 18.4 Å². The van der Waals surface area contributed by atoms with Crippen LogP contribution in [0.1, 0.15) is 34.0 Å². The molecular formula is C15H16N2O2. The van der Waals surface area contributed by atoms with Gasteiger partial charge in [0.1, 0.15) is 5.69 Å². The number of aromatic nitrogens is 2. The van der Waals surface area contributed by atoms with Crippen molar-refractivity contribution in [3.63, 3.8) is 0 Å². The predicted octanol–water partition coefficient (Wildman–Crippen LogP) is 2.34. The number of hydrogen-bond acceptors (Lipinski definition) is 3. The van der Waals surface area contributed by atoms with Gasteiger partial charge in [0.25, 0.3) is 0 Å². The van der Waals surface area contributed by atoms with Gasteiger partial charge in [-0.25, -0.2) is 0 Å². The summed E-state index contributed by atoms with van der Waals surface area (Å²) in [7, 11) is 3.34. The Morgan fingerprint density at radius 1 is 1.42 bits per heavy atom. The number of carbonyl (C=O) groups is 1. The minimum absolute atomic E-state index is 0.0690. The maximum atomic E-state index is 12.7. The first-order chi connectivity index (χ1) is 9.22. The van der Waals surface area contributed by atoms with Gasteiger partial charge in [0, 0.05) is 13.0 Å². The molecule has 0 spiro atoms. The van der Waals surface area contributed by atoms with Gasteiger partial charge in [-0.1, -0.05) is 24.3 Å². The van der Waals surface area contributed by atoms with E-state index in [-0.39, 0.29) is 11.7 Å². The van der Waals surface area contributed by atoms with E-state index in [1.165, 1.54) is 5.56 Å². The van der Waals surface area contributed by atoms with E-state index >= 15 is 0 Å². The van der Waals surface area contributed by atoms with Crippen LogP contribution in [-0.2, 0) is 13.5 Å². The number of hydrogen-bond donors (Lipinski definition) is 0. The van der Waals surface area contributed by atoms with Crippen molar-refractivity contribution in [1.82, 2.24) is 9.78 Å². The molecular weight excluding hydrogens is 240 g/mol. The van der Waals surface area contributed by atoms with Crippen LogP contribution in [0.4, 0.5) is 0 Å². The third-order valence-corrected chi connectivity index (χ3v) is 3.81. The van der Waals surface area contributed by atoms with Gasteiger partial charge in [-0.15, -0.1) is 0 Å². The highest BCUT2D eigenvalue weighted by molar-refractivity contribution is 6.02. The molecule has 4 heteroatoms. The Kier molecular flexibility index (Phi) is 2.85. The number of Topliss-reactive ketones (excluding diaryl/α,β-unsaturated/α-hetero) is 1. The van der Waals surface area contributed by atoms with Gasteiger partial charge in [-0.05, 0) is 24.0 Å². The molecule has 1 aliphatic rings. The zero-order chi connectivity index (χ0) is 13.4. The second-order valence-electron chi connectivity index (χ2n) is 4.84. The number of aryl methyl sites for hydroxylation is 2. The van der Waals surface area contributed by atoms with Crippen molar-refractivity contribution < 1.29 is 9.53 Å². The van der Waals surface area contributed by atoms with Gasteiger partial charge in [-0.3, -0.25) is 9.48 Å². The first kappa shape index (κ1) is 12.0. The lowest BCUT2D eigenvalue weighted by atomic mass is 9.94. The molecule has 0 radical (unpaired) electrons. The van der Waals surface area contributed by atoms with Crippen molar-refractivity contribution >= 4 is 5.78 Å². The molecule has 98 valence electrons. The molecule has 1 aromatic heterocycles. The van der Waals surface area contributed by atoms with Crippen LogP contribution >= 0.6 is 0 Å². The number of rotatable bonds is 3. The van der Waals surface area contributed by atoms with Crippen LogP contribution in [-0.4, -0.2) is 22.7 Å². The highest BCUT2D eigenvalue weighted by Gasteiger charge is 2.32. The maximum Gasteiger partial charge on any atom is 0.192 e. The van der Waals surface area contributed by atoms with Gasteiger partial charge < -0.3 is 4.74 Å². The molecule has 19 heavy (non-hydrogen) atoms. The zero-order valence-corrected chi connectivity index (χ0v) is 11.1. The number of benzene rings is 1. The average molecular weight is 256 g/mol. The standard InChI is InChI=1S/C15H16N2O2/c1-17-14(13(19-2)9-16-17)15(18)12-8-7-10-5-3-4-6-11(10)12/h3-6,9,12H,7-8H2,1-2H3. The number of ether oxygens (including phenoxy) is 1. The molecule has 1 atom stereocenters. The third-order valence-electron chi connectivity index (χ3n) is 3.81. The summed E-state index contributed by atoms with van der Waals surface area (Å²) in [6, 6.07) is 8.16. The van der Waals surface area contributed by atoms with Gasteiger partial charge in [-0.2, -0.15) is 5.10 Å². The van der Waals surface area contributed by atoms with Crippen molar-refractivity contribution in [1.29, 1.82) is 0 Å². The third kappa shape index (κ3) is 1.84. The lowest BCUT2D eigenvalue weighted by Crippen LogP contribution is -2.15. The van der Waals surface area contributed by atoms with Gasteiger partial charge in [0.05, 0.1) is 13.3 Å². The lowest BCUT2D eigenvalue weighted by molar-refractivity contribution is 0.0947. The molecule has 2 aromatic rings. The van der Waals surface area contributed by atoms with Gasteiger partial charge in [0.15, 0.2) is 11.5 Å². The van der Waals surface area contributed by atoms with Crippen molar-refractivity contribution in [3.05, 3.63) is 47.3 Å². The molecule has 0 fully saturated rings. The van der Waals surface area contributed by atoms with E-state index in [2.05, 4.69) is 11.2 Å². The van der Waals surface area contributed by atoms with Crippen molar-refractivity contribution in [2.45, 2.75) is 18.8 Å². The normalized spacial score (nSPS) is 17.3. The summed E-state index contributed by atoms with van der Waals surface area (Å²) in [4.78, 5) is 12.7. The molecule has 0 N–H and O–H groups in total. The summed E-state index contributed by atoms with van der Waals surface area (Å²) in [5.74, 6) is 0.583. The Hall–Kier alpha value is -2.10. The van der Waals surface area contributed by atoms with Crippen LogP contribution in [0, 0.1) is 0 Å². The fraction of sp³-hybridized carbons (Fsp3) is 0.333.